The lowest BCUT2D eigenvalue weighted by atomic mass is 9.92. The third-order valence-corrected chi connectivity index (χ3v) is 3.56. The van der Waals surface area contributed by atoms with Crippen LogP contribution in [0.4, 0.5) is 5.69 Å². The fourth-order valence-corrected chi connectivity index (χ4v) is 2.42. The second kappa shape index (κ2) is 6.95. The van der Waals surface area contributed by atoms with Gasteiger partial charge in [0, 0.05) is 13.1 Å². The Hall–Kier alpha value is -1.26. The van der Waals surface area contributed by atoms with Gasteiger partial charge in [-0.1, -0.05) is 38.4 Å². The summed E-state index contributed by atoms with van der Waals surface area (Å²) >= 11 is 6.12. The fraction of sp³-hybridized carbons (Fsp3) is 0.533. The average molecular weight is 298 g/mol. The molecule has 0 saturated heterocycles. The highest BCUT2D eigenvalue weighted by atomic mass is 35.5. The van der Waals surface area contributed by atoms with Crippen LogP contribution in [0.1, 0.15) is 37.6 Å². The van der Waals surface area contributed by atoms with Crippen LogP contribution in [-0.2, 0) is 0 Å². The summed E-state index contributed by atoms with van der Waals surface area (Å²) < 4.78 is 0. The molecule has 1 rings (SSSR count). The maximum Gasteiger partial charge on any atom is 0.252 e. The number of benzene rings is 1. The molecule has 0 heterocycles. The molecule has 20 heavy (non-hydrogen) atoms. The van der Waals surface area contributed by atoms with Crippen molar-refractivity contribution < 1.29 is 4.79 Å². The molecule has 0 fully saturated rings. The number of nitrogens with two attached hydrogens (primary N) is 2. The number of carbonyl (C=O) groups is 1. The average Bonchev–Trinajstić information content (AvgIpc) is 2.37. The molecular formula is C15H24ClN3O. The van der Waals surface area contributed by atoms with Crippen molar-refractivity contribution in [2.45, 2.75) is 27.2 Å². The van der Waals surface area contributed by atoms with Crippen molar-refractivity contribution in [3.63, 3.8) is 0 Å². The number of rotatable bonds is 7. The van der Waals surface area contributed by atoms with Crippen LogP contribution in [0.25, 0.3) is 0 Å². The normalized spacial score (nSPS) is 11.4. The number of nitrogens with zero attached hydrogens (tertiary/aromatic N) is 1. The zero-order valence-corrected chi connectivity index (χ0v) is 13.2. The van der Waals surface area contributed by atoms with E-state index in [9.17, 15) is 4.79 Å². The summed E-state index contributed by atoms with van der Waals surface area (Å²) in [6, 6.07) is 5.40. The van der Waals surface area contributed by atoms with E-state index in [-0.39, 0.29) is 5.41 Å². The number of amides is 1. The first-order chi connectivity index (χ1) is 9.32. The third-order valence-electron chi connectivity index (χ3n) is 3.24. The predicted molar refractivity (Wildman–Crippen MR) is 85.3 cm³/mol. The van der Waals surface area contributed by atoms with Gasteiger partial charge in [-0.15, -0.1) is 0 Å². The Morgan fingerprint density at radius 3 is 2.55 bits per heavy atom. The van der Waals surface area contributed by atoms with Gasteiger partial charge in [0.15, 0.2) is 0 Å². The highest BCUT2D eigenvalue weighted by Gasteiger charge is 2.23. The largest absolute Gasteiger partial charge is 0.370 e. The standard InChI is InChI=1S/C15H24ClN3O/c1-4-8-19(10-15(2,3)9-17)12-7-5-6-11(16)13(12)14(18)20/h5-7H,4,8-10,17H2,1-3H3,(H2,18,20). The first kappa shape index (κ1) is 16.8. The molecule has 0 aromatic heterocycles. The van der Waals surface area contributed by atoms with Crippen molar-refractivity contribution in [3.05, 3.63) is 28.8 Å². The Balaban J connectivity index is 3.21. The predicted octanol–water partition coefficient (Wildman–Crippen LogP) is 2.64. The van der Waals surface area contributed by atoms with Crippen molar-refractivity contribution in [1.29, 1.82) is 0 Å². The molecule has 1 aromatic rings. The van der Waals surface area contributed by atoms with E-state index in [1.807, 2.05) is 12.1 Å². The Bertz CT molecular complexity index is 474. The van der Waals surface area contributed by atoms with E-state index in [1.165, 1.54) is 0 Å². The van der Waals surface area contributed by atoms with E-state index in [0.29, 0.717) is 17.1 Å². The summed E-state index contributed by atoms with van der Waals surface area (Å²) in [7, 11) is 0. The lowest BCUT2D eigenvalue weighted by Crippen LogP contribution is -2.40. The van der Waals surface area contributed by atoms with E-state index in [1.54, 1.807) is 6.07 Å². The molecule has 0 aliphatic carbocycles. The SMILES string of the molecule is CCCN(CC(C)(C)CN)c1cccc(Cl)c1C(N)=O. The highest BCUT2D eigenvalue weighted by molar-refractivity contribution is 6.34. The van der Waals surface area contributed by atoms with Crippen LogP contribution in [-0.4, -0.2) is 25.5 Å². The molecule has 0 spiro atoms. The Labute approximate surface area is 126 Å². The Morgan fingerprint density at radius 2 is 2.05 bits per heavy atom. The van der Waals surface area contributed by atoms with E-state index in [4.69, 9.17) is 23.1 Å². The van der Waals surface area contributed by atoms with Crippen molar-refractivity contribution in [3.8, 4) is 0 Å². The minimum absolute atomic E-state index is 0.0492. The molecule has 5 heteroatoms. The van der Waals surface area contributed by atoms with Crippen LogP contribution in [0, 0.1) is 5.41 Å². The number of carbonyl (C=O) groups excluding carboxylic acids is 1. The first-order valence-corrected chi connectivity index (χ1v) is 7.23. The number of primary amides is 1. The summed E-state index contributed by atoms with van der Waals surface area (Å²) in [5.74, 6) is -0.503. The summed E-state index contributed by atoms with van der Waals surface area (Å²) in [5, 5.41) is 0.390. The summed E-state index contributed by atoms with van der Waals surface area (Å²) in [6.45, 7) is 8.44. The smallest absolute Gasteiger partial charge is 0.252 e. The van der Waals surface area contributed by atoms with Crippen LogP contribution in [0.2, 0.25) is 5.02 Å². The summed E-state index contributed by atoms with van der Waals surface area (Å²) in [5.41, 5.74) is 12.4. The number of hydrogen-bond acceptors (Lipinski definition) is 3. The molecule has 0 bridgehead atoms. The maximum absolute atomic E-state index is 11.7. The second-order valence-electron chi connectivity index (χ2n) is 5.79. The molecule has 1 aromatic carbocycles. The molecule has 4 N–H and O–H groups in total. The summed E-state index contributed by atoms with van der Waals surface area (Å²) in [4.78, 5) is 13.8. The first-order valence-electron chi connectivity index (χ1n) is 6.85. The van der Waals surface area contributed by atoms with Gasteiger partial charge in [-0.2, -0.15) is 0 Å². The van der Waals surface area contributed by atoms with Crippen LogP contribution >= 0.6 is 11.6 Å². The molecule has 0 saturated carbocycles. The van der Waals surface area contributed by atoms with E-state index in [2.05, 4.69) is 25.7 Å². The molecular weight excluding hydrogens is 274 g/mol. The Kier molecular flexibility index (Phi) is 5.84. The molecule has 0 aliphatic rings. The van der Waals surface area contributed by atoms with E-state index >= 15 is 0 Å². The van der Waals surface area contributed by atoms with Crippen molar-refractivity contribution >= 4 is 23.2 Å². The van der Waals surface area contributed by atoms with Crippen molar-refractivity contribution in [1.82, 2.24) is 0 Å². The quantitative estimate of drug-likeness (QED) is 0.812. The van der Waals surface area contributed by atoms with Crippen molar-refractivity contribution in [2.24, 2.45) is 16.9 Å². The zero-order chi connectivity index (χ0) is 15.3. The Morgan fingerprint density at radius 1 is 1.40 bits per heavy atom. The minimum Gasteiger partial charge on any atom is -0.370 e. The van der Waals surface area contributed by atoms with Gasteiger partial charge in [0.25, 0.3) is 5.91 Å². The minimum atomic E-state index is -0.503. The van der Waals surface area contributed by atoms with E-state index < -0.39 is 5.91 Å². The van der Waals surface area contributed by atoms with Gasteiger partial charge in [-0.25, -0.2) is 0 Å². The second-order valence-corrected chi connectivity index (χ2v) is 6.20. The van der Waals surface area contributed by atoms with Gasteiger partial charge in [0.05, 0.1) is 16.3 Å². The molecule has 0 aliphatic heterocycles. The molecule has 4 nitrogen and oxygen atoms in total. The number of anilines is 1. The molecule has 0 radical (unpaired) electrons. The molecule has 0 atom stereocenters. The van der Waals surface area contributed by atoms with Gasteiger partial charge >= 0.3 is 0 Å². The van der Waals surface area contributed by atoms with E-state index in [0.717, 1.165) is 25.2 Å². The lowest BCUT2D eigenvalue weighted by molar-refractivity contribution is 0.100. The summed E-state index contributed by atoms with van der Waals surface area (Å²) in [6.07, 6.45) is 0.964. The fourth-order valence-electron chi connectivity index (χ4n) is 2.16. The van der Waals surface area contributed by atoms with Gasteiger partial charge in [-0.3, -0.25) is 4.79 Å². The van der Waals surface area contributed by atoms with Crippen LogP contribution in [0.15, 0.2) is 18.2 Å². The number of halogens is 1. The highest BCUT2D eigenvalue weighted by Crippen LogP contribution is 2.29. The zero-order valence-electron chi connectivity index (χ0n) is 12.4. The molecule has 0 unspecified atom stereocenters. The van der Waals surface area contributed by atoms with Gasteiger partial charge in [0.2, 0.25) is 0 Å². The monoisotopic (exact) mass is 297 g/mol. The topological polar surface area (TPSA) is 72.3 Å². The number of hydrogen-bond donors (Lipinski definition) is 2. The lowest BCUT2D eigenvalue weighted by Gasteiger charge is -2.34. The van der Waals surface area contributed by atoms with Crippen LogP contribution < -0.4 is 16.4 Å². The van der Waals surface area contributed by atoms with Crippen LogP contribution in [0.3, 0.4) is 0 Å². The third kappa shape index (κ3) is 4.12. The maximum atomic E-state index is 11.7. The van der Waals surface area contributed by atoms with Crippen molar-refractivity contribution in [2.75, 3.05) is 24.5 Å². The van der Waals surface area contributed by atoms with Gasteiger partial charge in [0.1, 0.15) is 0 Å². The molecule has 112 valence electrons. The molecule has 1 amide bonds. The van der Waals surface area contributed by atoms with Gasteiger partial charge < -0.3 is 16.4 Å². The van der Waals surface area contributed by atoms with Crippen LogP contribution in [0.5, 0.6) is 0 Å². The van der Waals surface area contributed by atoms with Gasteiger partial charge in [-0.05, 0) is 30.5 Å².